The van der Waals surface area contributed by atoms with Crippen LogP contribution in [-0.4, -0.2) is 5.91 Å². The van der Waals surface area contributed by atoms with Crippen LogP contribution in [0.2, 0.25) is 0 Å². The summed E-state index contributed by atoms with van der Waals surface area (Å²) < 4.78 is 0. The molecular formula is C17H15N3OS. The van der Waals surface area contributed by atoms with Gasteiger partial charge in [-0.25, -0.2) is 0 Å². The Morgan fingerprint density at radius 1 is 0.955 bits per heavy atom. The van der Waals surface area contributed by atoms with E-state index in [0.717, 1.165) is 11.1 Å². The summed E-state index contributed by atoms with van der Waals surface area (Å²) in [5.41, 5.74) is 16.0. The molecule has 110 valence electrons. The van der Waals surface area contributed by atoms with Crippen molar-refractivity contribution in [3.05, 3.63) is 64.9 Å². The lowest BCUT2D eigenvalue weighted by atomic mass is 10.1. The smallest absolute Gasteiger partial charge is 0.255 e. The normalized spacial score (nSPS) is 10.4. The lowest BCUT2D eigenvalue weighted by molar-refractivity contribution is 0.102. The Labute approximate surface area is 132 Å². The molecule has 1 aromatic heterocycles. The van der Waals surface area contributed by atoms with Crippen LogP contribution in [0.4, 0.5) is 17.1 Å². The highest BCUT2D eigenvalue weighted by molar-refractivity contribution is 7.08. The molecule has 0 aliphatic carbocycles. The number of nitrogens with two attached hydrogens (primary N) is 2. The van der Waals surface area contributed by atoms with E-state index in [9.17, 15) is 4.79 Å². The zero-order chi connectivity index (χ0) is 15.5. The number of carbonyl (C=O) groups is 1. The highest BCUT2D eigenvalue weighted by Gasteiger charge is 2.09. The van der Waals surface area contributed by atoms with Crippen molar-refractivity contribution in [3.63, 3.8) is 0 Å². The number of hydrogen-bond donors (Lipinski definition) is 3. The molecule has 0 spiro atoms. The van der Waals surface area contributed by atoms with E-state index >= 15 is 0 Å². The van der Waals surface area contributed by atoms with Crippen molar-refractivity contribution < 1.29 is 4.79 Å². The van der Waals surface area contributed by atoms with E-state index in [1.807, 2.05) is 23.6 Å². The van der Waals surface area contributed by atoms with Gasteiger partial charge in [0, 0.05) is 11.3 Å². The zero-order valence-corrected chi connectivity index (χ0v) is 12.6. The Morgan fingerprint density at radius 2 is 1.73 bits per heavy atom. The van der Waals surface area contributed by atoms with Crippen LogP contribution in [0.25, 0.3) is 11.1 Å². The Morgan fingerprint density at radius 3 is 2.41 bits per heavy atom. The lowest BCUT2D eigenvalue weighted by Gasteiger charge is -2.10. The number of nitrogen functional groups attached to an aromatic ring is 2. The van der Waals surface area contributed by atoms with Gasteiger partial charge in [-0.1, -0.05) is 6.07 Å². The summed E-state index contributed by atoms with van der Waals surface area (Å²) in [7, 11) is 0. The first-order valence-electron chi connectivity index (χ1n) is 6.72. The summed E-state index contributed by atoms with van der Waals surface area (Å²) in [6.07, 6.45) is 0. The molecule has 5 N–H and O–H groups in total. The van der Waals surface area contributed by atoms with E-state index < -0.39 is 0 Å². The van der Waals surface area contributed by atoms with E-state index in [1.54, 1.807) is 41.7 Å². The van der Waals surface area contributed by atoms with Crippen LogP contribution in [0.5, 0.6) is 0 Å². The number of nitrogens with one attached hydrogen (secondary N) is 1. The molecule has 1 heterocycles. The molecule has 0 radical (unpaired) electrons. The molecule has 0 aliphatic rings. The topological polar surface area (TPSA) is 81.1 Å². The largest absolute Gasteiger partial charge is 0.399 e. The van der Waals surface area contributed by atoms with Gasteiger partial charge < -0.3 is 16.8 Å². The number of amides is 1. The van der Waals surface area contributed by atoms with E-state index in [2.05, 4.69) is 10.7 Å². The molecule has 0 saturated heterocycles. The predicted molar refractivity (Wildman–Crippen MR) is 93.0 cm³/mol. The van der Waals surface area contributed by atoms with Crippen LogP contribution >= 0.6 is 11.3 Å². The fraction of sp³-hybridized carbons (Fsp3) is 0. The molecule has 0 unspecified atom stereocenters. The molecule has 3 aromatic rings. The highest BCUT2D eigenvalue weighted by Crippen LogP contribution is 2.29. The quantitative estimate of drug-likeness (QED) is 0.643. The summed E-state index contributed by atoms with van der Waals surface area (Å²) in [5.74, 6) is -0.214. The second-order valence-electron chi connectivity index (χ2n) is 4.89. The van der Waals surface area contributed by atoms with Crippen LogP contribution in [0, 0.1) is 0 Å². The standard InChI is InChI=1S/C17H15N3OS/c18-14-4-1-11(2-5-14)17(21)20-16-9-12(3-6-15(16)19)13-7-8-22-10-13/h1-10H,18-19H2,(H,20,21). The van der Waals surface area contributed by atoms with Crippen molar-refractivity contribution in [2.45, 2.75) is 0 Å². The van der Waals surface area contributed by atoms with E-state index in [0.29, 0.717) is 22.6 Å². The number of carbonyl (C=O) groups excluding carboxylic acids is 1. The maximum atomic E-state index is 12.3. The summed E-state index contributed by atoms with van der Waals surface area (Å²) in [6, 6.07) is 14.4. The zero-order valence-electron chi connectivity index (χ0n) is 11.7. The minimum absolute atomic E-state index is 0.214. The number of benzene rings is 2. The third-order valence-electron chi connectivity index (χ3n) is 3.33. The van der Waals surface area contributed by atoms with Crippen molar-refractivity contribution in [3.8, 4) is 11.1 Å². The summed E-state index contributed by atoms with van der Waals surface area (Å²) in [6.45, 7) is 0. The van der Waals surface area contributed by atoms with Crippen molar-refractivity contribution in [1.82, 2.24) is 0 Å². The van der Waals surface area contributed by atoms with Gasteiger partial charge in [-0.05, 0) is 64.4 Å². The van der Waals surface area contributed by atoms with E-state index in [4.69, 9.17) is 11.5 Å². The number of rotatable bonds is 3. The second kappa shape index (κ2) is 5.91. The molecule has 0 fully saturated rings. The predicted octanol–water partition coefficient (Wildman–Crippen LogP) is 3.83. The molecule has 0 bridgehead atoms. The molecule has 0 aliphatic heterocycles. The van der Waals surface area contributed by atoms with Gasteiger partial charge in [0.05, 0.1) is 11.4 Å². The fourth-order valence-electron chi connectivity index (χ4n) is 2.10. The molecule has 0 saturated carbocycles. The molecule has 5 heteroatoms. The molecule has 4 nitrogen and oxygen atoms in total. The van der Waals surface area contributed by atoms with Gasteiger partial charge in [-0.15, -0.1) is 0 Å². The third kappa shape index (κ3) is 2.94. The van der Waals surface area contributed by atoms with Crippen LogP contribution in [0.3, 0.4) is 0 Å². The first-order valence-corrected chi connectivity index (χ1v) is 7.67. The summed E-state index contributed by atoms with van der Waals surface area (Å²) in [5, 5.41) is 6.91. The molecule has 22 heavy (non-hydrogen) atoms. The van der Waals surface area contributed by atoms with Gasteiger partial charge in [-0.3, -0.25) is 4.79 Å². The van der Waals surface area contributed by atoms with Crippen molar-refractivity contribution in [2.24, 2.45) is 0 Å². The third-order valence-corrected chi connectivity index (χ3v) is 4.01. The SMILES string of the molecule is Nc1ccc(C(=O)Nc2cc(-c3ccsc3)ccc2N)cc1. The van der Waals surface area contributed by atoms with Gasteiger partial charge in [0.1, 0.15) is 0 Å². The summed E-state index contributed by atoms with van der Waals surface area (Å²) in [4.78, 5) is 12.3. The Kier molecular flexibility index (Phi) is 3.80. The van der Waals surface area contributed by atoms with Crippen LogP contribution in [-0.2, 0) is 0 Å². The maximum absolute atomic E-state index is 12.3. The van der Waals surface area contributed by atoms with Crippen molar-refractivity contribution >= 4 is 34.3 Å². The van der Waals surface area contributed by atoms with E-state index in [1.165, 1.54) is 0 Å². The van der Waals surface area contributed by atoms with Crippen LogP contribution in [0.1, 0.15) is 10.4 Å². The average Bonchev–Trinajstić information content (AvgIpc) is 3.04. The molecular weight excluding hydrogens is 294 g/mol. The Balaban J connectivity index is 1.87. The first-order chi connectivity index (χ1) is 10.6. The highest BCUT2D eigenvalue weighted by atomic mass is 32.1. The number of hydrogen-bond acceptors (Lipinski definition) is 4. The van der Waals surface area contributed by atoms with Gasteiger partial charge in [0.25, 0.3) is 5.91 Å². The van der Waals surface area contributed by atoms with Crippen LogP contribution < -0.4 is 16.8 Å². The van der Waals surface area contributed by atoms with Crippen molar-refractivity contribution in [1.29, 1.82) is 0 Å². The average molecular weight is 309 g/mol. The van der Waals surface area contributed by atoms with Gasteiger partial charge >= 0.3 is 0 Å². The summed E-state index contributed by atoms with van der Waals surface area (Å²) >= 11 is 1.63. The van der Waals surface area contributed by atoms with Crippen molar-refractivity contribution in [2.75, 3.05) is 16.8 Å². The molecule has 1 amide bonds. The molecule has 0 atom stereocenters. The van der Waals surface area contributed by atoms with Gasteiger partial charge in [-0.2, -0.15) is 11.3 Å². The Bertz CT molecular complexity index is 795. The minimum Gasteiger partial charge on any atom is -0.399 e. The maximum Gasteiger partial charge on any atom is 0.255 e. The Hall–Kier alpha value is -2.79. The first kappa shape index (κ1) is 14.2. The molecule has 3 rings (SSSR count). The fourth-order valence-corrected chi connectivity index (χ4v) is 2.77. The lowest BCUT2D eigenvalue weighted by Crippen LogP contribution is -2.13. The number of anilines is 3. The van der Waals surface area contributed by atoms with Gasteiger partial charge in [0.2, 0.25) is 0 Å². The van der Waals surface area contributed by atoms with E-state index in [-0.39, 0.29) is 5.91 Å². The minimum atomic E-state index is -0.214. The number of thiophene rings is 1. The second-order valence-corrected chi connectivity index (χ2v) is 5.67. The molecule has 2 aromatic carbocycles. The monoisotopic (exact) mass is 309 g/mol. The van der Waals surface area contributed by atoms with Crippen LogP contribution in [0.15, 0.2) is 59.3 Å². The van der Waals surface area contributed by atoms with Gasteiger partial charge in [0.15, 0.2) is 0 Å².